The fourth-order valence-electron chi connectivity index (χ4n) is 3.93. The third-order valence-corrected chi connectivity index (χ3v) is 6.32. The highest BCUT2D eigenvalue weighted by Crippen LogP contribution is 2.38. The average molecular weight is 468 g/mol. The van der Waals surface area contributed by atoms with Gasteiger partial charge in [-0.15, -0.1) is 0 Å². The van der Waals surface area contributed by atoms with Crippen LogP contribution in [0.3, 0.4) is 0 Å². The van der Waals surface area contributed by atoms with E-state index in [4.69, 9.17) is 33.2 Å². The zero-order chi connectivity index (χ0) is 22.7. The molecular formula is C23H19Cl2N5O2. The van der Waals surface area contributed by atoms with Crippen LogP contribution in [-0.4, -0.2) is 45.0 Å². The molecule has 9 heteroatoms. The summed E-state index contributed by atoms with van der Waals surface area (Å²) in [6, 6.07) is 10.9. The Labute approximate surface area is 195 Å². The fourth-order valence-corrected chi connectivity index (χ4v) is 4.24. The van der Waals surface area contributed by atoms with Gasteiger partial charge in [-0.3, -0.25) is 9.78 Å². The lowest BCUT2D eigenvalue weighted by Gasteiger charge is -2.25. The first-order chi connectivity index (χ1) is 15.5. The molecule has 3 heterocycles. The molecule has 1 saturated heterocycles. The minimum absolute atomic E-state index is 0.0289. The van der Waals surface area contributed by atoms with Crippen molar-refractivity contribution in [2.24, 2.45) is 5.92 Å². The Bertz CT molecular complexity index is 1150. The Morgan fingerprint density at radius 3 is 2.66 bits per heavy atom. The third-order valence-electron chi connectivity index (χ3n) is 5.58. The van der Waals surface area contributed by atoms with Crippen molar-refractivity contribution in [3.63, 3.8) is 0 Å². The van der Waals surface area contributed by atoms with Gasteiger partial charge in [-0.05, 0) is 30.7 Å². The first-order valence-electron chi connectivity index (χ1n) is 9.99. The van der Waals surface area contributed by atoms with Gasteiger partial charge in [0.05, 0.1) is 21.8 Å². The monoisotopic (exact) mass is 467 g/mol. The zero-order valence-electron chi connectivity index (χ0n) is 17.2. The number of ether oxygens (including phenoxy) is 1. The molecule has 1 amide bonds. The van der Waals surface area contributed by atoms with Crippen molar-refractivity contribution in [2.75, 3.05) is 13.1 Å². The molecule has 0 N–H and O–H groups in total. The molecule has 7 nitrogen and oxygen atoms in total. The molecule has 1 aliphatic heterocycles. The van der Waals surface area contributed by atoms with Gasteiger partial charge < -0.3 is 9.64 Å². The van der Waals surface area contributed by atoms with E-state index in [1.54, 1.807) is 23.1 Å². The number of halogens is 2. The van der Waals surface area contributed by atoms with Crippen molar-refractivity contribution >= 4 is 29.1 Å². The highest BCUT2D eigenvalue weighted by molar-refractivity contribution is 6.42. The maximum Gasteiger partial charge on any atom is 0.274 e. The Morgan fingerprint density at radius 1 is 1.16 bits per heavy atom. The number of aromatic nitrogens is 3. The lowest BCUT2D eigenvalue weighted by molar-refractivity contribution is 0.0763. The number of carbonyl (C=O) groups is 1. The Morgan fingerprint density at radius 2 is 2.00 bits per heavy atom. The number of carbonyl (C=O) groups excluding carboxylic acids is 1. The smallest absolute Gasteiger partial charge is 0.274 e. The van der Waals surface area contributed by atoms with E-state index in [2.05, 4.69) is 15.0 Å². The molecule has 1 fully saturated rings. The zero-order valence-corrected chi connectivity index (χ0v) is 18.7. The number of hydrogen-bond acceptors (Lipinski definition) is 6. The normalized spacial score (nSPS) is 18.8. The minimum Gasteiger partial charge on any atom is -0.474 e. The number of rotatable bonds is 5. The van der Waals surface area contributed by atoms with Crippen LogP contribution in [-0.2, 0) is 0 Å². The van der Waals surface area contributed by atoms with Crippen LogP contribution in [0.4, 0.5) is 0 Å². The predicted molar refractivity (Wildman–Crippen MR) is 120 cm³/mol. The molecule has 0 bridgehead atoms. The first kappa shape index (κ1) is 22.0. The van der Waals surface area contributed by atoms with Crippen LogP contribution < -0.4 is 4.74 Å². The third kappa shape index (κ3) is 4.67. The number of pyridine rings is 1. The second kappa shape index (κ2) is 9.51. The average Bonchev–Trinajstić information content (AvgIpc) is 3.27. The van der Waals surface area contributed by atoms with Gasteiger partial charge in [0.25, 0.3) is 5.91 Å². The molecule has 0 saturated carbocycles. The molecule has 1 aromatic carbocycles. The molecule has 162 valence electrons. The van der Waals surface area contributed by atoms with Crippen LogP contribution in [0, 0.1) is 17.2 Å². The van der Waals surface area contributed by atoms with Crippen LogP contribution in [0.2, 0.25) is 10.0 Å². The van der Waals surface area contributed by atoms with Gasteiger partial charge in [-0.2, -0.15) is 5.26 Å². The molecule has 32 heavy (non-hydrogen) atoms. The summed E-state index contributed by atoms with van der Waals surface area (Å²) in [5.41, 5.74) is 1.73. The van der Waals surface area contributed by atoms with Crippen molar-refractivity contribution < 1.29 is 9.53 Å². The van der Waals surface area contributed by atoms with Crippen LogP contribution >= 0.6 is 23.2 Å². The van der Waals surface area contributed by atoms with Gasteiger partial charge >= 0.3 is 0 Å². The maximum atomic E-state index is 13.0. The van der Waals surface area contributed by atoms with Crippen molar-refractivity contribution in [3.05, 3.63) is 82.0 Å². The van der Waals surface area contributed by atoms with Crippen molar-refractivity contribution in [2.45, 2.75) is 18.9 Å². The van der Waals surface area contributed by atoms with Crippen LogP contribution in [0.1, 0.15) is 34.5 Å². The number of nitrogens with zero attached hydrogens (tertiary/aromatic N) is 5. The Kier molecular flexibility index (Phi) is 6.54. The molecule has 0 aliphatic carbocycles. The highest BCUT2D eigenvalue weighted by Gasteiger charge is 2.41. The lowest BCUT2D eigenvalue weighted by Crippen LogP contribution is -2.32. The standard InChI is InChI=1S/C23H19Cl2N5O2/c1-14(32-22-5-2-15(9-26)10-29-22)17-12-30(23(31)21-11-27-6-7-28-21)13-18(17)16-3-4-19(24)20(25)8-16/h2-8,10-11,14,17-18H,12-13H2,1H3. The van der Waals surface area contributed by atoms with E-state index in [0.29, 0.717) is 40.3 Å². The van der Waals surface area contributed by atoms with E-state index >= 15 is 0 Å². The Balaban J connectivity index is 1.60. The first-order valence-corrected chi connectivity index (χ1v) is 10.7. The summed E-state index contributed by atoms with van der Waals surface area (Å²) in [6.07, 6.45) is 5.69. The molecule has 3 atom stereocenters. The summed E-state index contributed by atoms with van der Waals surface area (Å²) < 4.78 is 6.09. The van der Waals surface area contributed by atoms with E-state index in [9.17, 15) is 4.79 Å². The quantitative estimate of drug-likeness (QED) is 0.552. The van der Waals surface area contributed by atoms with E-state index in [-0.39, 0.29) is 23.8 Å². The van der Waals surface area contributed by atoms with Crippen molar-refractivity contribution in [3.8, 4) is 11.9 Å². The second-order valence-electron chi connectivity index (χ2n) is 7.56. The number of benzene rings is 1. The lowest BCUT2D eigenvalue weighted by atomic mass is 9.86. The highest BCUT2D eigenvalue weighted by atomic mass is 35.5. The summed E-state index contributed by atoms with van der Waals surface area (Å²) in [6.45, 7) is 2.90. The van der Waals surface area contributed by atoms with Gasteiger partial charge in [0.1, 0.15) is 17.9 Å². The molecule has 1 aliphatic rings. The van der Waals surface area contributed by atoms with E-state index in [1.165, 1.54) is 24.8 Å². The number of amides is 1. The van der Waals surface area contributed by atoms with Crippen LogP contribution in [0.25, 0.3) is 0 Å². The van der Waals surface area contributed by atoms with Crippen LogP contribution in [0.5, 0.6) is 5.88 Å². The maximum absolute atomic E-state index is 13.0. The van der Waals surface area contributed by atoms with Gasteiger partial charge in [-0.25, -0.2) is 9.97 Å². The van der Waals surface area contributed by atoms with E-state index < -0.39 is 0 Å². The SMILES string of the molecule is CC(Oc1ccc(C#N)cn1)C1CN(C(=O)c2cnccn2)CC1c1ccc(Cl)c(Cl)c1. The summed E-state index contributed by atoms with van der Waals surface area (Å²) in [5, 5.41) is 9.90. The van der Waals surface area contributed by atoms with E-state index in [1.807, 2.05) is 25.1 Å². The summed E-state index contributed by atoms with van der Waals surface area (Å²) in [5.74, 6) is 0.168. The van der Waals surface area contributed by atoms with Crippen molar-refractivity contribution in [1.82, 2.24) is 19.9 Å². The molecule has 0 radical (unpaired) electrons. The molecular weight excluding hydrogens is 449 g/mol. The molecule has 3 aromatic rings. The largest absolute Gasteiger partial charge is 0.474 e. The Hall–Kier alpha value is -3.21. The van der Waals surface area contributed by atoms with Crippen molar-refractivity contribution in [1.29, 1.82) is 5.26 Å². The predicted octanol–water partition coefficient (Wildman–Crippen LogP) is 4.37. The summed E-state index contributed by atoms with van der Waals surface area (Å²) in [4.78, 5) is 27.1. The molecule has 0 spiro atoms. The van der Waals surface area contributed by atoms with Crippen LogP contribution in [0.15, 0.2) is 55.1 Å². The number of likely N-dealkylation sites (tertiary alicyclic amines) is 1. The number of nitriles is 1. The topological polar surface area (TPSA) is 92.0 Å². The summed E-state index contributed by atoms with van der Waals surface area (Å²) in [7, 11) is 0. The molecule has 2 aromatic heterocycles. The van der Waals surface area contributed by atoms with Gasteiger partial charge in [-0.1, -0.05) is 29.3 Å². The van der Waals surface area contributed by atoms with Gasteiger partial charge in [0, 0.05) is 49.6 Å². The molecule has 4 rings (SSSR count). The second-order valence-corrected chi connectivity index (χ2v) is 8.38. The number of hydrogen-bond donors (Lipinski definition) is 0. The fraction of sp³-hybridized carbons (Fsp3) is 0.261. The summed E-state index contributed by atoms with van der Waals surface area (Å²) >= 11 is 12.4. The minimum atomic E-state index is -0.269. The van der Waals surface area contributed by atoms with Gasteiger partial charge in [0.15, 0.2) is 0 Å². The molecule has 3 unspecified atom stereocenters. The van der Waals surface area contributed by atoms with Gasteiger partial charge in [0.2, 0.25) is 5.88 Å². The van der Waals surface area contributed by atoms with E-state index in [0.717, 1.165) is 5.56 Å².